The molecule has 0 saturated carbocycles. The largest absolute Gasteiger partial charge is 0.330 e. The van der Waals surface area contributed by atoms with Crippen molar-refractivity contribution in [3.8, 4) is 0 Å². The van der Waals surface area contributed by atoms with Crippen molar-refractivity contribution in [1.82, 2.24) is 4.90 Å². The molecule has 98 valence electrons. The molecule has 0 heterocycles. The molecule has 2 nitrogen and oxygen atoms in total. The summed E-state index contributed by atoms with van der Waals surface area (Å²) >= 11 is 0. The third-order valence-electron chi connectivity index (χ3n) is 3.32. The van der Waals surface area contributed by atoms with Gasteiger partial charge in [-0.2, -0.15) is 0 Å². The maximum atomic E-state index is 5.46. The Balaban J connectivity index is 3.03. The van der Waals surface area contributed by atoms with Gasteiger partial charge in [-0.3, -0.25) is 0 Å². The van der Waals surface area contributed by atoms with Crippen molar-refractivity contribution in [3.05, 3.63) is 0 Å². The molecule has 2 N–H and O–H groups in total. The Morgan fingerprint density at radius 3 is 1.56 bits per heavy atom. The van der Waals surface area contributed by atoms with E-state index in [-0.39, 0.29) is 0 Å². The van der Waals surface area contributed by atoms with Crippen LogP contribution in [-0.2, 0) is 0 Å². The molecule has 0 unspecified atom stereocenters. The lowest BCUT2D eigenvalue weighted by atomic mass is 10.1. The van der Waals surface area contributed by atoms with Crippen LogP contribution in [0.2, 0.25) is 0 Å². The van der Waals surface area contributed by atoms with Gasteiger partial charge >= 0.3 is 0 Å². The number of unbranched alkanes of at least 4 members (excludes halogenated alkanes) is 7. The summed E-state index contributed by atoms with van der Waals surface area (Å²) in [6, 6.07) is 0. The van der Waals surface area contributed by atoms with Crippen LogP contribution in [0.15, 0.2) is 0 Å². The SMILES string of the molecule is CCN(CC)CCCCCCCCCCN. The summed E-state index contributed by atoms with van der Waals surface area (Å²) in [5, 5.41) is 0. The molecule has 0 bridgehead atoms. The molecule has 0 atom stereocenters. The number of nitrogens with two attached hydrogens (primary N) is 1. The van der Waals surface area contributed by atoms with E-state index in [4.69, 9.17) is 5.73 Å². The van der Waals surface area contributed by atoms with Gasteiger partial charge in [0.05, 0.1) is 0 Å². The molecule has 0 fully saturated rings. The molecule has 0 aliphatic carbocycles. The van der Waals surface area contributed by atoms with Crippen molar-refractivity contribution in [2.24, 2.45) is 5.73 Å². The van der Waals surface area contributed by atoms with Crippen molar-refractivity contribution < 1.29 is 0 Å². The maximum Gasteiger partial charge on any atom is -0.00190 e. The molecule has 0 aromatic rings. The van der Waals surface area contributed by atoms with Crippen LogP contribution in [0.5, 0.6) is 0 Å². The van der Waals surface area contributed by atoms with Crippen molar-refractivity contribution in [2.75, 3.05) is 26.2 Å². The molecule has 0 aromatic heterocycles. The fraction of sp³-hybridized carbons (Fsp3) is 1.00. The zero-order valence-corrected chi connectivity index (χ0v) is 11.5. The van der Waals surface area contributed by atoms with E-state index < -0.39 is 0 Å². The van der Waals surface area contributed by atoms with Crippen LogP contribution in [0.4, 0.5) is 0 Å². The lowest BCUT2D eigenvalue weighted by Crippen LogP contribution is -2.23. The van der Waals surface area contributed by atoms with Crippen LogP contribution in [0.1, 0.15) is 65.2 Å². The van der Waals surface area contributed by atoms with Gasteiger partial charge in [0.15, 0.2) is 0 Å². The Morgan fingerprint density at radius 1 is 0.688 bits per heavy atom. The predicted molar refractivity (Wildman–Crippen MR) is 73.8 cm³/mol. The Kier molecular flexibility index (Phi) is 12.9. The van der Waals surface area contributed by atoms with Gasteiger partial charge in [0.1, 0.15) is 0 Å². The Morgan fingerprint density at radius 2 is 1.12 bits per heavy atom. The second kappa shape index (κ2) is 13.0. The highest BCUT2D eigenvalue weighted by Gasteiger charge is 1.97. The van der Waals surface area contributed by atoms with Gasteiger partial charge in [-0.25, -0.2) is 0 Å². The molecular formula is C14H32N2. The third kappa shape index (κ3) is 10.4. The van der Waals surface area contributed by atoms with Gasteiger partial charge in [0, 0.05) is 0 Å². The number of hydrogen-bond acceptors (Lipinski definition) is 2. The van der Waals surface area contributed by atoms with Crippen LogP contribution < -0.4 is 5.73 Å². The second-order valence-corrected chi connectivity index (χ2v) is 4.64. The summed E-state index contributed by atoms with van der Waals surface area (Å²) in [6.07, 6.45) is 11.0. The van der Waals surface area contributed by atoms with Crippen LogP contribution in [0, 0.1) is 0 Å². The number of hydrogen-bond donors (Lipinski definition) is 1. The zero-order valence-electron chi connectivity index (χ0n) is 11.5. The van der Waals surface area contributed by atoms with E-state index in [9.17, 15) is 0 Å². The highest BCUT2D eigenvalue weighted by Crippen LogP contribution is 2.08. The molecule has 0 rings (SSSR count). The van der Waals surface area contributed by atoms with E-state index in [2.05, 4.69) is 18.7 Å². The van der Waals surface area contributed by atoms with E-state index in [0.717, 1.165) is 6.54 Å². The van der Waals surface area contributed by atoms with E-state index in [1.807, 2.05) is 0 Å². The van der Waals surface area contributed by atoms with Crippen LogP contribution in [0.3, 0.4) is 0 Å². The topological polar surface area (TPSA) is 29.3 Å². The van der Waals surface area contributed by atoms with E-state index >= 15 is 0 Å². The van der Waals surface area contributed by atoms with Gasteiger partial charge in [0.2, 0.25) is 0 Å². The average molecular weight is 228 g/mol. The first-order chi connectivity index (χ1) is 7.85. The minimum atomic E-state index is 0.865. The predicted octanol–water partition coefficient (Wildman–Crippen LogP) is 3.41. The summed E-state index contributed by atoms with van der Waals surface area (Å²) in [5.41, 5.74) is 5.46. The van der Waals surface area contributed by atoms with Gasteiger partial charge in [0.25, 0.3) is 0 Å². The molecule has 16 heavy (non-hydrogen) atoms. The third-order valence-corrected chi connectivity index (χ3v) is 3.32. The minimum absolute atomic E-state index is 0.865. The normalized spacial score (nSPS) is 11.2. The monoisotopic (exact) mass is 228 g/mol. The highest BCUT2D eigenvalue weighted by molar-refractivity contribution is 4.53. The molecule has 0 aliphatic rings. The molecule has 0 radical (unpaired) electrons. The Labute approximate surface area is 103 Å². The lowest BCUT2D eigenvalue weighted by molar-refractivity contribution is 0.295. The quantitative estimate of drug-likeness (QED) is 0.519. The molecule has 0 amide bonds. The number of nitrogens with zero attached hydrogens (tertiary/aromatic N) is 1. The van der Waals surface area contributed by atoms with Crippen molar-refractivity contribution in [2.45, 2.75) is 65.2 Å². The summed E-state index contributed by atoms with van der Waals surface area (Å²) in [6.45, 7) is 9.07. The lowest BCUT2D eigenvalue weighted by Gasteiger charge is -2.17. The van der Waals surface area contributed by atoms with Gasteiger partial charge in [-0.15, -0.1) is 0 Å². The maximum absolute atomic E-state index is 5.46. The average Bonchev–Trinajstić information content (AvgIpc) is 2.32. The summed E-state index contributed by atoms with van der Waals surface area (Å²) in [4.78, 5) is 2.52. The highest BCUT2D eigenvalue weighted by atomic mass is 15.1. The minimum Gasteiger partial charge on any atom is -0.330 e. The number of rotatable bonds is 12. The van der Waals surface area contributed by atoms with E-state index in [0.29, 0.717) is 0 Å². The van der Waals surface area contributed by atoms with Gasteiger partial charge in [-0.1, -0.05) is 52.4 Å². The molecule has 0 spiro atoms. The standard InChI is InChI=1S/C14H32N2/c1-3-16(4-2)14-12-10-8-6-5-7-9-11-13-15/h3-15H2,1-2H3. The van der Waals surface area contributed by atoms with Gasteiger partial charge < -0.3 is 10.6 Å². The second-order valence-electron chi connectivity index (χ2n) is 4.64. The smallest absolute Gasteiger partial charge is 0.00190 e. The van der Waals surface area contributed by atoms with Crippen LogP contribution in [-0.4, -0.2) is 31.1 Å². The molecule has 2 heteroatoms. The summed E-state index contributed by atoms with van der Waals surface area (Å²) < 4.78 is 0. The molecular weight excluding hydrogens is 196 g/mol. The fourth-order valence-corrected chi connectivity index (χ4v) is 2.08. The fourth-order valence-electron chi connectivity index (χ4n) is 2.08. The van der Waals surface area contributed by atoms with Crippen LogP contribution >= 0.6 is 0 Å². The van der Waals surface area contributed by atoms with Gasteiger partial charge in [-0.05, 0) is 39.0 Å². The van der Waals surface area contributed by atoms with Crippen molar-refractivity contribution in [1.29, 1.82) is 0 Å². The summed E-state index contributed by atoms with van der Waals surface area (Å²) in [5.74, 6) is 0. The first kappa shape index (κ1) is 15.9. The summed E-state index contributed by atoms with van der Waals surface area (Å²) in [7, 11) is 0. The first-order valence-corrected chi connectivity index (χ1v) is 7.27. The first-order valence-electron chi connectivity index (χ1n) is 7.27. The van der Waals surface area contributed by atoms with E-state index in [1.165, 1.54) is 71.0 Å². The Bertz CT molecular complexity index is 122. The van der Waals surface area contributed by atoms with Crippen molar-refractivity contribution >= 4 is 0 Å². The molecule has 0 saturated heterocycles. The Hall–Kier alpha value is -0.0800. The molecule has 0 aromatic carbocycles. The van der Waals surface area contributed by atoms with E-state index in [1.54, 1.807) is 0 Å². The molecule has 0 aliphatic heterocycles. The van der Waals surface area contributed by atoms with Crippen molar-refractivity contribution in [3.63, 3.8) is 0 Å². The zero-order chi connectivity index (χ0) is 12.1. The van der Waals surface area contributed by atoms with Crippen LogP contribution in [0.25, 0.3) is 0 Å².